The third kappa shape index (κ3) is 2.28. The lowest BCUT2D eigenvalue weighted by atomic mass is 9.94. The van der Waals surface area contributed by atoms with Crippen molar-refractivity contribution < 1.29 is 9.53 Å². The zero-order valence-electron chi connectivity index (χ0n) is 10.2. The molecule has 0 heterocycles. The van der Waals surface area contributed by atoms with Crippen molar-refractivity contribution in [2.45, 2.75) is 31.6 Å². The molecule has 1 fully saturated rings. The lowest BCUT2D eigenvalue weighted by Crippen LogP contribution is -2.23. The zero-order chi connectivity index (χ0) is 13.2. The number of carbonyl (C=O) groups excluding carboxylic acids is 1. The van der Waals surface area contributed by atoms with Crippen LogP contribution in [0.4, 0.5) is 0 Å². The van der Waals surface area contributed by atoms with E-state index in [1.54, 1.807) is 0 Å². The third-order valence-electron chi connectivity index (χ3n) is 3.28. The average Bonchev–Trinajstić information content (AvgIpc) is 3.14. The lowest BCUT2D eigenvalue weighted by Gasteiger charge is -2.15. The van der Waals surface area contributed by atoms with E-state index in [-0.39, 0.29) is 5.97 Å². The van der Waals surface area contributed by atoms with Gasteiger partial charge in [-0.3, -0.25) is 4.79 Å². The van der Waals surface area contributed by atoms with Gasteiger partial charge in [-0.1, -0.05) is 28.1 Å². The summed E-state index contributed by atoms with van der Waals surface area (Å²) in [6, 6.07) is 7.92. The van der Waals surface area contributed by atoms with Crippen LogP contribution in [0, 0.1) is 11.3 Å². The van der Waals surface area contributed by atoms with Crippen LogP contribution >= 0.6 is 15.9 Å². The van der Waals surface area contributed by atoms with Gasteiger partial charge in [-0.05, 0) is 37.0 Å². The number of rotatable bonds is 4. The van der Waals surface area contributed by atoms with Crippen LogP contribution < -0.4 is 0 Å². The number of nitrogens with zero attached hydrogens (tertiary/aromatic N) is 1. The van der Waals surface area contributed by atoms with E-state index < -0.39 is 5.41 Å². The Balaban J connectivity index is 2.32. The molecule has 1 aliphatic carbocycles. The van der Waals surface area contributed by atoms with Gasteiger partial charge in [-0.15, -0.1) is 0 Å². The van der Waals surface area contributed by atoms with Gasteiger partial charge < -0.3 is 4.74 Å². The van der Waals surface area contributed by atoms with Crippen molar-refractivity contribution in [2.75, 3.05) is 6.61 Å². The van der Waals surface area contributed by atoms with Crippen molar-refractivity contribution in [3.63, 3.8) is 0 Å². The Bertz CT molecular complexity index is 515. The van der Waals surface area contributed by atoms with E-state index in [0.717, 1.165) is 28.4 Å². The molecule has 2 rings (SSSR count). The molecular formula is C14H14BrNO2. The molecule has 0 unspecified atom stereocenters. The fraction of sp³-hybridized carbons (Fsp3) is 0.429. The Morgan fingerprint density at radius 3 is 2.83 bits per heavy atom. The van der Waals surface area contributed by atoms with Crippen LogP contribution in [0.5, 0.6) is 0 Å². The lowest BCUT2D eigenvalue weighted by molar-refractivity contribution is -0.146. The topological polar surface area (TPSA) is 50.1 Å². The molecule has 0 amide bonds. The van der Waals surface area contributed by atoms with E-state index >= 15 is 0 Å². The van der Waals surface area contributed by atoms with Crippen molar-refractivity contribution in [3.05, 3.63) is 33.8 Å². The molecule has 1 aromatic rings. The quantitative estimate of drug-likeness (QED) is 0.803. The van der Waals surface area contributed by atoms with Gasteiger partial charge in [0.05, 0.1) is 24.5 Å². The second-order valence-electron chi connectivity index (χ2n) is 4.44. The molecule has 1 saturated carbocycles. The number of esters is 1. The van der Waals surface area contributed by atoms with E-state index in [4.69, 9.17) is 10.00 Å². The van der Waals surface area contributed by atoms with Crippen LogP contribution in [0.15, 0.2) is 22.7 Å². The zero-order valence-corrected chi connectivity index (χ0v) is 11.8. The summed E-state index contributed by atoms with van der Waals surface area (Å²) in [7, 11) is 0. The van der Waals surface area contributed by atoms with Crippen LogP contribution in [0.1, 0.15) is 30.9 Å². The van der Waals surface area contributed by atoms with Crippen molar-refractivity contribution in [1.82, 2.24) is 0 Å². The van der Waals surface area contributed by atoms with Gasteiger partial charge in [0.2, 0.25) is 0 Å². The van der Waals surface area contributed by atoms with Crippen molar-refractivity contribution in [1.29, 1.82) is 5.26 Å². The largest absolute Gasteiger partial charge is 0.465 e. The first kappa shape index (κ1) is 13.1. The number of hydrogen-bond acceptors (Lipinski definition) is 3. The highest BCUT2D eigenvalue weighted by molar-refractivity contribution is 9.10. The molecule has 0 aliphatic heterocycles. The first-order chi connectivity index (χ1) is 8.64. The summed E-state index contributed by atoms with van der Waals surface area (Å²) in [5.41, 5.74) is 1.43. The van der Waals surface area contributed by atoms with Gasteiger partial charge >= 0.3 is 5.97 Å². The Morgan fingerprint density at radius 2 is 2.28 bits per heavy atom. The molecule has 18 heavy (non-hydrogen) atoms. The highest BCUT2D eigenvalue weighted by Gasteiger charge is 2.52. The summed E-state index contributed by atoms with van der Waals surface area (Å²) in [5, 5.41) is 8.78. The van der Waals surface area contributed by atoms with E-state index in [1.807, 2.05) is 25.1 Å². The maximum atomic E-state index is 12.0. The smallest absolute Gasteiger partial charge is 0.316 e. The van der Waals surface area contributed by atoms with E-state index in [0.29, 0.717) is 13.0 Å². The second kappa shape index (κ2) is 5.11. The maximum absolute atomic E-state index is 12.0. The molecule has 1 aromatic carbocycles. The van der Waals surface area contributed by atoms with Crippen LogP contribution in [-0.4, -0.2) is 12.6 Å². The number of halogens is 1. The summed E-state index contributed by atoms with van der Waals surface area (Å²) in [6.45, 7) is 2.22. The fourth-order valence-electron chi connectivity index (χ4n) is 2.10. The minimum Gasteiger partial charge on any atom is -0.465 e. The minimum atomic E-state index is -0.457. The van der Waals surface area contributed by atoms with Crippen LogP contribution in [0.25, 0.3) is 0 Å². The summed E-state index contributed by atoms with van der Waals surface area (Å²) < 4.78 is 6.05. The number of hydrogen-bond donors (Lipinski definition) is 0. The highest BCUT2D eigenvalue weighted by atomic mass is 79.9. The molecule has 0 spiro atoms. The normalized spacial score (nSPS) is 15.8. The summed E-state index contributed by atoms with van der Waals surface area (Å²) in [6.07, 6.45) is 2.01. The second-order valence-corrected chi connectivity index (χ2v) is 5.30. The molecule has 0 radical (unpaired) electrons. The molecule has 1 aliphatic rings. The van der Waals surface area contributed by atoms with Gasteiger partial charge in [-0.2, -0.15) is 5.26 Å². The molecular weight excluding hydrogens is 294 g/mol. The number of carbonyl (C=O) groups is 1. The first-order valence-electron chi connectivity index (χ1n) is 5.97. The minimum absolute atomic E-state index is 0.143. The number of nitriles is 1. The summed E-state index contributed by atoms with van der Waals surface area (Å²) >= 11 is 3.42. The van der Waals surface area contributed by atoms with Crippen LogP contribution in [0.2, 0.25) is 0 Å². The molecule has 0 bridgehead atoms. The average molecular weight is 308 g/mol. The summed E-state index contributed by atoms with van der Waals surface area (Å²) in [5.74, 6) is -0.143. The van der Waals surface area contributed by atoms with E-state index in [9.17, 15) is 4.79 Å². The van der Waals surface area contributed by atoms with Crippen molar-refractivity contribution >= 4 is 21.9 Å². The molecule has 0 N–H and O–H groups in total. The van der Waals surface area contributed by atoms with E-state index in [1.165, 1.54) is 0 Å². The predicted octanol–water partition coefficient (Wildman–Crippen LogP) is 3.11. The molecule has 0 saturated heterocycles. The monoisotopic (exact) mass is 307 g/mol. The van der Waals surface area contributed by atoms with Crippen molar-refractivity contribution in [2.24, 2.45) is 0 Å². The van der Waals surface area contributed by atoms with Crippen molar-refractivity contribution in [3.8, 4) is 6.07 Å². The molecule has 3 nitrogen and oxygen atoms in total. The Labute approximate surface area is 115 Å². The third-order valence-corrected chi connectivity index (χ3v) is 4.06. The van der Waals surface area contributed by atoms with Gasteiger partial charge in [-0.25, -0.2) is 0 Å². The molecule has 0 atom stereocenters. The summed E-state index contributed by atoms with van der Waals surface area (Å²) in [4.78, 5) is 12.0. The SMILES string of the molecule is CCOC(=O)C1(c2ccc(Br)c(CC#N)c2)CC1. The van der Waals surface area contributed by atoms with Gasteiger partial charge in [0, 0.05) is 4.47 Å². The van der Waals surface area contributed by atoms with Crippen LogP contribution in [0.3, 0.4) is 0 Å². The van der Waals surface area contributed by atoms with E-state index in [2.05, 4.69) is 22.0 Å². The Morgan fingerprint density at radius 1 is 1.56 bits per heavy atom. The standard InChI is InChI=1S/C14H14BrNO2/c1-2-18-13(17)14(6-7-14)11-3-4-12(15)10(9-11)5-8-16/h3-4,9H,2,5-7H2,1H3. The van der Waals surface area contributed by atoms with Gasteiger partial charge in [0.25, 0.3) is 0 Å². The van der Waals surface area contributed by atoms with Gasteiger partial charge in [0.1, 0.15) is 0 Å². The predicted molar refractivity (Wildman–Crippen MR) is 71.0 cm³/mol. The Kier molecular flexibility index (Phi) is 3.72. The first-order valence-corrected chi connectivity index (χ1v) is 6.76. The molecule has 0 aromatic heterocycles. The maximum Gasteiger partial charge on any atom is 0.316 e. The molecule has 94 valence electrons. The number of benzene rings is 1. The Hall–Kier alpha value is -1.34. The van der Waals surface area contributed by atoms with Gasteiger partial charge in [0.15, 0.2) is 0 Å². The van der Waals surface area contributed by atoms with Crippen LogP contribution in [-0.2, 0) is 21.4 Å². The fourth-order valence-corrected chi connectivity index (χ4v) is 2.48. The molecule has 4 heteroatoms. The number of ether oxygens (including phenoxy) is 1. The highest BCUT2D eigenvalue weighted by Crippen LogP contribution is 2.49.